The first kappa shape index (κ1) is 14.8. The fourth-order valence-electron chi connectivity index (χ4n) is 2.81. The zero-order valence-corrected chi connectivity index (χ0v) is 13.4. The van der Waals surface area contributed by atoms with Crippen LogP contribution in [0.2, 0.25) is 0 Å². The Balaban J connectivity index is 2.13. The quantitative estimate of drug-likeness (QED) is 0.567. The van der Waals surface area contributed by atoms with Crippen molar-refractivity contribution in [2.24, 2.45) is 7.05 Å². The fourth-order valence-corrected chi connectivity index (χ4v) is 2.81. The van der Waals surface area contributed by atoms with Crippen LogP contribution in [0, 0.1) is 11.3 Å². The van der Waals surface area contributed by atoms with Crippen molar-refractivity contribution in [3.63, 3.8) is 0 Å². The molecule has 2 aromatic carbocycles. The summed E-state index contributed by atoms with van der Waals surface area (Å²) in [5.74, 6) is 0.893. The minimum Gasteiger partial charge on any atom is -0.279 e. The van der Waals surface area contributed by atoms with Gasteiger partial charge in [-0.05, 0) is 0 Å². The molecule has 6 nitrogen and oxygen atoms in total. The van der Waals surface area contributed by atoms with Gasteiger partial charge in [0.25, 0.3) is 5.56 Å². The Bertz CT molecular complexity index is 1170. The largest absolute Gasteiger partial charge is 0.279 e. The molecule has 6 heteroatoms. The standard InChI is InChI=1S/C19H13N5O/c1-23-18(25)15(12-20)16(13-8-4-2-5-9-13)24-19(23)21-17(22-24)14-10-6-3-7-11-14/h2-11H,1H3. The lowest BCUT2D eigenvalue weighted by molar-refractivity contribution is 0.812. The number of fused-ring (bicyclic) bond motifs is 1. The molecule has 0 unspecified atom stereocenters. The second kappa shape index (κ2) is 5.73. The molecule has 0 amide bonds. The van der Waals surface area contributed by atoms with Gasteiger partial charge in [0.1, 0.15) is 11.6 Å². The predicted octanol–water partition coefficient (Wildman–Crippen LogP) is 2.63. The fraction of sp³-hybridized carbons (Fsp3) is 0.0526. The molecule has 0 aliphatic carbocycles. The Morgan fingerprint density at radius 3 is 2.16 bits per heavy atom. The maximum absolute atomic E-state index is 12.6. The van der Waals surface area contributed by atoms with E-state index >= 15 is 0 Å². The first-order valence-corrected chi connectivity index (χ1v) is 7.71. The number of hydrogen-bond acceptors (Lipinski definition) is 4. The van der Waals surface area contributed by atoms with Gasteiger partial charge in [-0.1, -0.05) is 60.7 Å². The van der Waals surface area contributed by atoms with Crippen molar-refractivity contribution in [1.29, 1.82) is 5.26 Å². The maximum Gasteiger partial charge on any atom is 0.273 e. The molecule has 2 aromatic heterocycles. The first-order valence-electron chi connectivity index (χ1n) is 7.71. The molecule has 4 aromatic rings. The summed E-state index contributed by atoms with van der Waals surface area (Å²) in [6.07, 6.45) is 0. The Hall–Kier alpha value is -3.72. The number of aryl methyl sites for hydroxylation is 1. The summed E-state index contributed by atoms with van der Waals surface area (Å²) in [4.78, 5) is 17.1. The van der Waals surface area contributed by atoms with Crippen LogP contribution in [0.15, 0.2) is 65.5 Å². The number of hydrogen-bond donors (Lipinski definition) is 0. The van der Waals surface area contributed by atoms with E-state index in [-0.39, 0.29) is 11.1 Å². The molecule has 0 radical (unpaired) electrons. The maximum atomic E-state index is 12.6. The minimum absolute atomic E-state index is 0.0470. The van der Waals surface area contributed by atoms with Crippen molar-refractivity contribution < 1.29 is 0 Å². The van der Waals surface area contributed by atoms with Crippen molar-refractivity contribution >= 4 is 5.78 Å². The van der Waals surface area contributed by atoms with Crippen molar-refractivity contribution in [2.45, 2.75) is 0 Å². The molecule has 120 valence electrons. The molecule has 4 rings (SSSR count). The van der Waals surface area contributed by atoms with E-state index in [0.717, 1.165) is 11.1 Å². The van der Waals surface area contributed by atoms with Crippen LogP contribution in [0.5, 0.6) is 0 Å². The topological polar surface area (TPSA) is 76.0 Å². The highest BCUT2D eigenvalue weighted by Crippen LogP contribution is 2.23. The second-order valence-corrected chi connectivity index (χ2v) is 5.58. The lowest BCUT2D eigenvalue weighted by Gasteiger charge is -2.08. The highest BCUT2D eigenvalue weighted by Gasteiger charge is 2.20. The Labute approximate surface area is 143 Å². The predicted molar refractivity (Wildman–Crippen MR) is 93.8 cm³/mol. The monoisotopic (exact) mass is 327 g/mol. The number of aromatic nitrogens is 4. The zero-order chi connectivity index (χ0) is 17.4. The molecule has 0 fully saturated rings. The molecule has 25 heavy (non-hydrogen) atoms. The molecular weight excluding hydrogens is 314 g/mol. The number of benzene rings is 2. The number of nitriles is 1. The molecule has 0 spiro atoms. The van der Waals surface area contributed by atoms with Gasteiger partial charge in [-0.15, -0.1) is 5.10 Å². The van der Waals surface area contributed by atoms with Gasteiger partial charge < -0.3 is 0 Å². The van der Waals surface area contributed by atoms with Crippen LogP contribution >= 0.6 is 0 Å². The van der Waals surface area contributed by atoms with E-state index in [2.05, 4.69) is 10.1 Å². The molecule has 0 N–H and O–H groups in total. The Kier molecular flexibility index (Phi) is 3.40. The van der Waals surface area contributed by atoms with Crippen molar-refractivity contribution in [3.8, 4) is 28.7 Å². The van der Waals surface area contributed by atoms with E-state index in [4.69, 9.17) is 0 Å². The average molecular weight is 327 g/mol. The van der Waals surface area contributed by atoms with Gasteiger partial charge in [-0.3, -0.25) is 9.36 Å². The number of rotatable bonds is 2. The summed E-state index contributed by atoms with van der Waals surface area (Å²) < 4.78 is 2.92. The summed E-state index contributed by atoms with van der Waals surface area (Å²) in [6, 6.07) is 20.8. The first-order chi connectivity index (χ1) is 12.2. The van der Waals surface area contributed by atoms with Crippen molar-refractivity contribution in [3.05, 3.63) is 76.6 Å². The van der Waals surface area contributed by atoms with Gasteiger partial charge in [-0.25, -0.2) is 0 Å². The normalized spacial score (nSPS) is 10.7. The summed E-state index contributed by atoms with van der Waals surface area (Å²) >= 11 is 0. The highest BCUT2D eigenvalue weighted by atomic mass is 16.1. The molecule has 0 aliphatic heterocycles. The van der Waals surface area contributed by atoms with Gasteiger partial charge in [-0.2, -0.15) is 14.8 Å². The minimum atomic E-state index is -0.388. The third-order valence-electron chi connectivity index (χ3n) is 4.05. The molecule has 0 saturated carbocycles. The van der Waals surface area contributed by atoms with Crippen molar-refractivity contribution in [1.82, 2.24) is 19.2 Å². The molecule has 0 bridgehead atoms. The van der Waals surface area contributed by atoms with Gasteiger partial charge >= 0.3 is 0 Å². The van der Waals surface area contributed by atoms with E-state index in [1.54, 1.807) is 11.6 Å². The summed E-state index contributed by atoms with van der Waals surface area (Å²) in [6.45, 7) is 0. The molecule has 0 saturated heterocycles. The zero-order valence-electron chi connectivity index (χ0n) is 13.4. The third-order valence-corrected chi connectivity index (χ3v) is 4.05. The van der Waals surface area contributed by atoms with Crippen LogP contribution in [-0.2, 0) is 7.05 Å². The molecule has 2 heterocycles. The summed E-state index contributed by atoms with van der Waals surface area (Å²) in [5.41, 5.74) is 1.70. The van der Waals surface area contributed by atoms with E-state index in [1.807, 2.05) is 66.7 Å². The Morgan fingerprint density at radius 2 is 1.56 bits per heavy atom. The van der Waals surface area contributed by atoms with Crippen LogP contribution in [0.3, 0.4) is 0 Å². The summed E-state index contributed by atoms with van der Waals surface area (Å²) in [5, 5.41) is 14.1. The van der Waals surface area contributed by atoms with Gasteiger partial charge in [0.05, 0.1) is 5.69 Å². The smallest absolute Gasteiger partial charge is 0.273 e. The van der Waals surface area contributed by atoms with E-state index in [0.29, 0.717) is 17.3 Å². The highest BCUT2D eigenvalue weighted by molar-refractivity contribution is 5.69. The molecule has 0 atom stereocenters. The molecular formula is C19H13N5O. The van der Waals surface area contributed by atoms with Gasteiger partial charge in [0.15, 0.2) is 5.82 Å². The van der Waals surface area contributed by atoms with Crippen LogP contribution in [-0.4, -0.2) is 19.2 Å². The van der Waals surface area contributed by atoms with E-state index in [1.165, 1.54) is 4.57 Å². The third kappa shape index (κ3) is 2.30. The van der Waals surface area contributed by atoms with Gasteiger partial charge in [0.2, 0.25) is 5.78 Å². The van der Waals surface area contributed by atoms with E-state index in [9.17, 15) is 10.1 Å². The van der Waals surface area contributed by atoms with Crippen molar-refractivity contribution in [2.75, 3.05) is 0 Å². The average Bonchev–Trinajstić information content (AvgIpc) is 3.11. The molecule has 0 aliphatic rings. The van der Waals surface area contributed by atoms with Crippen LogP contribution in [0.4, 0.5) is 0 Å². The lowest BCUT2D eigenvalue weighted by Crippen LogP contribution is -2.24. The SMILES string of the molecule is Cn1c(=O)c(C#N)c(-c2ccccc2)n2nc(-c3ccccc3)nc12. The number of nitrogens with zero attached hydrogens (tertiary/aromatic N) is 5. The van der Waals surface area contributed by atoms with Gasteiger partial charge in [0, 0.05) is 18.2 Å². The van der Waals surface area contributed by atoms with Crippen LogP contribution in [0.25, 0.3) is 28.4 Å². The van der Waals surface area contributed by atoms with E-state index < -0.39 is 0 Å². The summed E-state index contributed by atoms with van der Waals surface area (Å²) in [7, 11) is 1.59. The lowest BCUT2D eigenvalue weighted by atomic mass is 10.1. The van der Waals surface area contributed by atoms with Crippen LogP contribution in [0.1, 0.15) is 5.56 Å². The van der Waals surface area contributed by atoms with Crippen LogP contribution < -0.4 is 5.56 Å². The Morgan fingerprint density at radius 1 is 0.960 bits per heavy atom. The second-order valence-electron chi connectivity index (χ2n) is 5.58.